The van der Waals surface area contributed by atoms with E-state index in [9.17, 15) is 9.59 Å². The molecule has 1 N–H and O–H groups in total. The highest BCUT2D eigenvalue weighted by atomic mass is 16.5. The van der Waals surface area contributed by atoms with E-state index in [1.54, 1.807) is 35.2 Å². The Labute approximate surface area is 166 Å². The molecule has 0 saturated carbocycles. The maximum absolute atomic E-state index is 12.9. The van der Waals surface area contributed by atoms with Gasteiger partial charge in [-0.15, -0.1) is 0 Å². The number of ether oxygens (including phenoxy) is 1. The van der Waals surface area contributed by atoms with Crippen molar-refractivity contribution in [3.05, 3.63) is 42.2 Å². The Morgan fingerprint density at radius 1 is 1.21 bits per heavy atom. The minimum Gasteiger partial charge on any atom is -0.494 e. The molecule has 7 nitrogen and oxygen atoms in total. The highest BCUT2D eigenvalue weighted by Gasteiger charge is 2.20. The van der Waals surface area contributed by atoms with Crippen molar-refractivity contribution in [1.29, 1.82) is 0 Å². The van der Waals surface area contributed by atoms with E-state index < -0.39 is 0 Å². The summed E-state index contributed by atoms with van der Waals surface area (Å²) < 4.78 is 10.3. The van der Waals surface area contributed by atoms with Crippen LogP contribution in [0, 0.1) is 5.92 Å². The lowest BCUT2D eigenvalue weighted by Crippen LogP contribution is -2.39. The normalized spacial score (nSPS) is 10.7. The lowest BCUT2D eigenvalue weighted by molar-refractivity contribution is -0.117. The van der Waals surface area contributed by atoms with Crippen molar-refractivity contribution in [1.82, 2.24) is 10.1 Å². The Morgan fingerprint density at radius 3 is 2.57 bits per heavy atom. The maximum atomic E-state index is 12.9. The number of hydrogen-bond acceptors (Lipinski definition) is 5. The maximum Gasteiger partial charge on any atom is 0.254 e. The van der Waals surface area contributed by atoms with Gasteiger partial charge in [0, 0.05) is 18.2 Å². The molecule has 0 fully saturated rings. The van der Waals surface area contributed by atoms with Crippen LogP contribution in [-0.2, 0) is 4.79 Å². The summed E-state index contributed by atoms with van der Waals surface area (Å²) in [5, 5.41) is 6.28. The SMILES string of the molecule is CCCCOc1ccc(C(=O)N(CCC(C)C)CC(=O)Nc2ccon2)cc1. The van der Waals surface area contributed by atoms with Gasteiger partial charge < -0.3 is 19.5 Å². The summed E-state index contributed by atoms with van der Waals surface area (Å²) in [5.41, 5.74) is 0.529. The average molecular weight is 387 g/mol. The Bertz CT molecular complexity index is 727. The summed E-state index contributed by atoms with van der Waals surface area (Å²) in [6.45, 7) is 7.38. The van der Waals surface area contributed by atoms with Crippen LogP contribution in [0.3, 0.4) is 0 Å². The standard InChI is InChI=1S/C21H29N3O4/c1-4-5-13-27-18-8-6-17(7-9-18)21(26)24(12-10-16(2)3)15-20(25)22-19-11-14-28-23-19/h6-9,11,14,16H,4-5,10,12-13,15H2,1-3H3,(H,22,23,25). The number of anilines is 1. The molecule has 0 saturated heterocycles. The molecule has 0 aliphatic carbocycles. The first-order chi connectivity index (χ1) is 13.5. The summed E-state index contributed by atoms with van der Waals surface area (Å²) in [4.78, 5) is 26.8. The molecule has 1 aromatic heterocycles. The van der Waals surface area contributed by atoms with Gasteiger partial charge >= 0.3 is 0 Å². The zero-order valence-corrected chi connectivity index (χ0v) is 16.8. The van der Waals surface area contributed by atoms with Crippen LogP contribution in [0.1, 0.15) is 50.4 Å². The lowest BCUT2D eigenvalue weighted by Gasteiger charge is -2.23. The van der Waals surface area contributed by atoms with Gasteiger partial charge in [-0.05, 0) is 43.0 Å². The first-order valence-corrected chi connectivity index (χ1v) is 9.72. The first-order valence-electron chi connectivity index (χ1n) is 9.72. The summed E-state index contributed by atoms with van der Waals surface area (Å²) in [6, 6.07) is 8.61. The van der Waals surface area contributed by atoms with Gasteiger partial charge in [0.1, 0.15) is 18.6 Å². The van der Waals surface area contributed by atoms with Gasteiger partial charge in [0.15, 0.2) is 5.82 Å². The molecule has 28 heavy (non-hydrogen) atoms. The molecule has 0 bridgehead atoms. The number of rotatable bonds is 11. The summed E-state index contributed by atoms with van der Waals surface area (Å²) in [7, 11) is 0. The smallest absolute Gasteiger partial charge is 0.254 e. The van der Waals surface area contributed by atoms with Crippen LogP contribution in [0.15, 0.2) is 41.1 Å². The van der Waals surface area contributed by atoms with Gasteiger partial charge in [-0.25, -0.2) is 0 Å². The van der Waals surface area contributed by atoms with Crippen molar-refractivity contribution in [2.45, 2.75) is 40.0 Å². The molecule has 1 aromatic carbocycles. The number of nitrogens with one attached hydrogen (secondary N) is 1. The number of hydrogen-bond donors (Lipinski definition) is 1. The zero-order valence-electron chi connectivity index (χ0n) is 16.8. The van der Waals surface area contributed by atoms with Gasteiger partial charge in [0.25, 0.3) is 5.91 Å². The fraction of sp³-hybridized carbons (Fsp3) is 0.476. The number of aromatic nitrogens is 1. The molecule has 0 atom stereocenters. The van der Waals surface area contributed by atoms with Gasteiger partial charge in [-0.2, -0.15) is 0 Å². The molecule has 0 spiro atoms. The fourth-order valence-corrected chi connectivity index (χ4v) is 2.51. The first kappa shape index (κ1) is 21.5. The van der Waals surface area contributed by atoms with E-state index in [0.29, 0.717) is 30.5 Å². The molecule has 0 aliphatic rings. The van der Waals surface area contributed by atoms with Gasteiger partial charge in [-0.1, -0.05) is 32.3 Å². The van der Waals surface area contributed by atoms with Crippen LogP contribution in [0.5, 0.6) is 5.75 Å². The predicted octanol–water partition coefficient (Wildman–Crippen LogP) is 3.98. The Hall–Kier alpha value is -2.83. The molecule has 7 heteroatoms. The molecule has 2 rings (SSSR count). The molecule has 0 radical (unpaired) electrons. The number of benzene rings is 1. The van der Waals surface area contributed by atoms with Gasteiger partial charge in [0.2, 0.25) is 5.91 Å². The highest BCUT2D eigenvalue weighted by molar-refractivity contribution is 5.99. The van der Waals surface area contributed by atoms with Crippen molar-refractivity contribution in [3.63, 3.8) is 0 Å². The summed E-state index contributed by atoms with van der Waals surface area (Å²) >= 11 is 0. The Kier molecular flexibility index (Phi) is 8.52. The van der Waals surface area contributed by atoms with Gasteiger partial charge in [0.05, 0.1) is 6.61 Å². The second kappa shape index (κ2) is 11.1. The second-order valence-electron chi connectivity index (χ2n) is 7.07. The highest BCUT2D eigenvalue weighted by Crippen LogP contribution is 2.15. The second-order valence-corrected chi connectivity index (χ2v) is 7.07. The average Bonchev–Trinajstić information content (AvgIpc) is 3.18. The third-order valence-corrected chi connectivity index (χ3v) is 4.17. The Morgan fingerprint density at radius 2 is 1.96 bits per heavy atom. The van der Waals surface area contributed by atoms with Crippen LogP contribution in [0.25, 0.3) is 0 Å². The molecule has 2 aromatic rings. The number of carbonyl (C=O) groups excluding carboxylic acids is 2. The summed E-state index contributed by atoms with van der Waals surface area (Å²) in [6.07, 6.45) is 4.24. The molecule has 2 amide bonds. The van der Waals surface area contributed by atoms with Crippen molar-refractivity contribution in [2.75, 3.05) is 25.0 Å². The number of unbranched alkanes of at least 4 members (excludes halogenated alkanes) is 1. The van der Waals surface area contributed by atoms with Crippen molar-refractivity contribution in [2.24, 2.45) is 5.92 Å². The number of amides is 2. The molecule has 1 heterocycles. The van der Waals surface area contributed by atoms with E-state index in [0.717, 1.165) is 25.0 Å². The van der Waals surface area contributed by atoms with Crippen LogP contribution in [0.4, 0.5) is 5.82 Å². The zero-order chi connectivity index (χ0) is 20.4. The summed E-state index contributed by atoms with van der Waals surface area (Å²) in [5.74, 6) is 0.988. The molecular weight excluding hydrogens is 358 g/mol. The van der Waals surface area contributed by atoms with Crippen LogP contribution < -0.4 is 10.1 Å². The van der Waals surface area contributed by atoms with E-state index in [4.69, 9.17) is 9.26 Å². The number of carbonyl (C=O) groups is 2. The minimum absolute atomic E-state index is 0.0484. The molecular formula is C21H29N3O4. The van der Waals surface area contributed by atoms with E-state index >= 15 is 0 Å². The van der Waals surface area contributed by atoms with Crippen molar-refractivity contribution < 1.29 is 18.8 Å². The van der Waals surface area contributed by atoms with Crippen molar-refractivity contribution >= 4 is 17.6 Å². The minimum atomic E-state index is -0.314. The molecule has 0 aliphatic heterocycles. The third-order valence-electron chi connectivity index (χ3n) is 4.17. The van der Waals surface area contributed by atoms with E-state index in [1.807, 2.05) is 0 Å². The number of nitrogens with zero attached hydrogens (tertiary/aromatic N) is 2. The van der Waals surface area contributed by atoms with Crippen LogP contribution in [-0.4, -0.2) is 41.6 Å². The topological polar surface area (TPSA) is 84.7 Å². The molecule has 152 valence electrons. The van der Waals surface area contributed by atoms with Gasteiger partial charge in [-0.3, -0.25) is 9.59 Å². The van der Waals surface area contributed by atoms with E-state index in [2.05, 4.69) is 31.2 Å². The van der Waals surface area contributed by atoms with Crippen molar-refractivity contribution in [3.8, 4) is 5.75 Å². The van der Waals surface area contributed by atoms with E-state index in [1.165, 1.54) is 6.26 Å². The quantitative estimate of drug-likeness (QED) is 0.590. The molecule has 0 unspecified atom stereocenters. The predicted molar refractivity (Wildman–Crippen MR) is 107 cm³/mol. The monoisotopic (exact) mass is 387 g/mol. The van der Waals surface area contributed by atoms with Crippen LogP contribution >= 0.6 is 0 Å². The van der Waals surface area contributed by atoms with E-state index in [-0.39, 0.29) is 18.4 Å². The largest absolute Gasteiger partial charge is 0.494 e. The third kappa shape index (κ3) is 7.06. The fourth-order valence-electron chi connectivity index (χ4n) is 2.51. The Balaban J connectivity index is 2.02. The van der Waals surface area contributed by atoms with Crippen LogP contribution in [0.2, 0.25) is 0 Å². The lowest BCUT2D eigenvalue weighted by atomic mass is 10.1.